The molecule has 5 heteroatoms. The molecule has 0 bridgehead atoms. The van der Waals surface area contributed by atoms with Crippen LogP contribution in [0.25, 0.3) is 11.3 Å². The number of rotatable bonds is 3. The molecule has 0 amide bonds. The molecule has 2 heterocycles. The third-order valence-corrected chi connectivity index (χ3v) is 4.35. The minimum Gasteiger partial charge on any atom is -0.478 e. The number of nitrogens with zero attached hydrogens (tertiary/aromatic N) is 3. The molecule has 1 atom stereocenters. The Labute approximate surface area is 136 Å². The van der Waals surface area contributed by atoms with Crippen LogP contribution < -0.4 is 0 Å². The van der Waals surface area contributed by atoms with Crippen molar-refractivity contribution >= 4 is 5.97 Å². The predicted octanol–water partition coefficient (Wildman–Crippen LogP) is 3.31. The lowest BCUT2D eigenvalue weighted by Gasteiger charge is -2.31. The highest BCUT2D eigenvalue weighted by molar-refractivity contribution is 5.89. The normalized spacial score (nSPS) is 18.8. The zero-order valence-corrected chi connectivity index (χ0v) is 13.5. The fourth-order valence-electron chi connectivity index (χ4n) is 3.10. The smallest absolute Gasteiger partial charge is 0.335 e. The fraction of sp³-hybridized carbons (Fsp3) is 0.389. The molecule has 1 aliphatic heterocycles. The van der Waals surface area contributed by atoms with Crippen LogP contribution in [-0.4, -0.2) is 39.5 Å². The van der Waals surface area contributed by atoms with Gasteiger partial charge in [0.2, 0.25) is 0 Å². The number of aryl methyl sites for hydroxylation is 1. The van der Waals surface area contributed by atoms with Crippen LogP contribution in [-0.2, 0) is 0 Å². The number of likely N-dealkylation sites (tertiary alicyclic amines) is 1. The maximum atomic E-state index is 11.2. The van der Waals surface area contributed by atoms with Gasteiger partial charge in [-0.25, -0.2) is 14.8 Å². The van der Waals surface area contributed by atoms with Crippen LogP contribution in [0.2, 0.25) is 0 Å². The second-order valence-electron chi connectivity index (χ2n) is 6.13. The van der Waals surface area contributed by atoms with E-state index in [9.17, 15) is 4.79 Å². The van der Waals surface area contributed by atoms with E-state index in [0.717, 1.165) is 35.7 Å². The summed E-state index contributed by atoms with van der Waals surface area (Å²) in [4.78, 5) is 22.8. The Morgan fingerprint density at radius 1 is 1.26 bits per heavy atom. The van der Waals surface area contributed by atoms with E-state index in [1.807, 2.05) is 19.1 Å². The van der Waals surface area contributed by atoms with Crippen LogP contribution >= 0.6 is 0 Å². The highest BCUT2D eigenvalue weighted by Crippen LogP contribution is 2.29. The van der Waals surface area contributed by atoms with Gasteiger partial charge in [-0.2, -0.15) is 0 Å². The van der Waals surface area contributed by atoms with Crippen molar-refractivity contribution < 1.29 is 9.90 Å². The quantitative estimate of drug-likeness (QED) is 0.942. The van der Waals surface area contributed by atoms with Crippen molar-refractivity contribution in [1.82, 2.24) is 14.9 Å². The van der Waals surface area contributed by atoms with Gasteiger partial charge in [0.05, 0.1) is 17.3 Å². The first kappa shape index (κ1) is 15.6. The van der Waals surface area contributed by atoms with Crippen molar-refractivity contribution in [2.24, 2.45) is 0 Å². The predicted molar refractivity (Wildman–Crippen MR) is 88.4 cm³/mol. The highest BCUT2D eigenvalue weighted by atomic mass is 16.4. The number of benzene rings is 1. The molecule has 0 saturated carbocycles. The van der Waals surface area contributed by atoms with Crippen LogP contribution in [0.1, 0.15) is 47.2 Å². The van der Waals surface area contributed by atoms with E-state index in [1.165, 1.54) is 12.8 Å². The molecular formula is C18H21N3O2. The van der Waals surface area contributed by atoms with Gasteiger partial charge in [-0.3, -0.25) is 4.90 Å². The largest absolute Gasteiger partial charge is 0.478 e. The molecule has 2 aromatic rings. The van der Waals surface area contributed by atoms with Gasteiger partial charge < -0.3 is 5.11 Å². The van der Waals surface area contributed by atoms with Crippen molar-refractivity contribution in [1.29, 1.82) is 0 Å². The maximum Gasteiger partial charge on any atom is 0.335 e. The zero-order valence-electron chi connectivity index (χ0n) is 13.5. The summed E-state index contributed by atoms with van der Waals surface area (Å²) in [7, 11) is 2.11. The van der Waals surface area contributed by atoms with Gasteiger partial charge >= 0.3 is 5.97 Å². The number of carboxylic acid groups (broad SMARTS) is 1. The molecule has 1 aromatic heterocycles. The molecule has 23 heavy (non-hydrogen) atoms. The molecule has 1 aliphatic rings. The molecule has 1 N–H and O–H groups in total. The van der Waals surface area contributed by atoms with E-state index in [1.54, 1.807) is 18.2 Å². The summed E-state index contributed by atoms with van der Waals surface area (Å²) in [6, 6.07) is 9.05. The zero-order chi connectivity index (χ0) is 16.4. The molecule has 5 nitrogen and oxygen atoms in total. The first-order valence-corrected chi connectivity index (χ1v) is 7.94. The van der Waals surface area contributed by atoms with Crippen LogP contribution in [0.4, 0.5) is 0 Å². The molecule has 1 saturated heterocycles. The second kappa shape index (κ2) is 6.46. The van der Waals surface area contributed by atoms with Gasteiger partial charge in [0.15, 0.2) is 0 Å². The fourth-order valence-corrected chi connectivity index (χ4v) is 3.10. The third-order valence-electron chi connectivity index (χ3n) is 4.35. The molecule has 120 valence electrons. The lowest BCUT2D eigenvalue weighted by atomic mass is 10.0. The van der Waals surface area contributed by atoms with Crippen molar-refractivity contribution in [2.45, 2.75) is 32.2 Å². The van der Waals surface area contributed by atoms with Gasteiger partial charge in [0, 0.05) is 11.3 Å². The number of aromatic carboxylic acids is 1. The van der Waals surface area contributed by atoms with Gasteiger partial charge in [-0.15, -0.1) is 0 Å². The van der Waals surface area contributed by atoms with E-state index in [-0.39, 0.29) is 11.6 Å². The molecule has 0 aliphatic carbocycles. The van der Waals surface area contributed by atoms with Gasteiger partial charge in [-0.05, 0) is 51.6 Å². The highest BCUT2D eigenvalue weighted by Gasteiger charge is 2.23. The summed E-state index contributed by atoms with van der Waals surface area (Å²) in [5.74, 6) is -0.0900. The van der Waals surface area contributed by atoms with Gasteiger partial charge in [-0.1, -0.05) is 18.6 Å². The monoisotopic (exact) mass is 311 g/mol. The van der Waals surface area contributed by atoms with Crippen LogP contribution in [0.3, 0.4) is 0 Å². The lowest BCUT2D eigenvalue weighted by molar-refractivity contribution is 0.0697. The summed E-state index contributed by atoms with van der Waals surface area (Å²) in [6.45, 7) is 3.02. The number of hydrogen-bond acceptors (Lipinski definition) is 4. The molecule has 1 aromatic carbocycles. The molecule has 0 spiro atoms. The Hall–Kier alpha value is -2.27. The number of piperidine rings is 1. The Bertz CT molecular complexity index is 730. The first-order chi connectivity index (χ1) is 11.0. The molecule has 0 radical (unpaired) electrons. The minimum absolute atomic E-state index is 0.241. The van der Waals surface area contributed by atoms with Crippen molar-refractivity contribution in [3.05, 3.63) is 47.4 Å². The minimum atomic E-state index is -0.926. The van der Waals surface area contributed by atoms with E-state index >= 15 is 0 Å². The average molecular weight is 311 g/mol. The summed E-state index contributed by atoms with van der Waals surface area (Å²) in [5.41, 5.74) is 2.78. The second-order valence-corrected chi connectivity index (χ2v) is 6.13. The number of carboxylic acids is 1. The maximum absolute atomic E-state index is 11.2. The van der Waals surface area contributed by atoms with Gasteiger partial charge in [0.1, 0.15) is 5.82 Å². The topological polar surface area (TPSA) is 66.3 Å². The van der Waals surface area contributed by atoms with Crippen LogP contribution in [0.5, 0.6) is 0 Å². The SMILES string of the molecule is Cc1cc(-c2cccc(C(=O)O)c2)nc([C@@H]2CCCCN2C)n1. The Kier molecular flexibility index (Phi) is 4.39. The summed E-state index contributed by atoms with van der Waals surface area (Å²) in [6.07, 6.45) is 3.47. The van der Waals surface area contributed by atoms with Gasteiger partial charge in [0.25, 0.3) is 0 Å². The molecular weight excluding hydrogens is 290 g/mol. The van der Waals surface area contributed by atoms with Crippen LogP contribution in [0.15, 0.2) is 30.3 Å². The molecule has 1 fully saturated rings. The standard InChI is InChI=1S/C18H21N3O2/c1-12-10-15(13-6-5-7-14(11-13)18(22)23)20-17(19-12)16-8-3-4-9-21(16)2/h5-7,10-11,16H,3-4,8-9H2,1-2H3,(H,22,23)/t16-/m0/s1. The van der Waals surface area contributed by atoms with E-state index in [4.69, 9.17) is 10.1 Å². The third kappa shape index (κ3) is 3.40. The number of carbonyl (C=O) groups is 1. The van der Waals surface area contributed by atoms with E-state index < -0.39 is 5.97 Å². The van der Waals surface area contributed by atoms with Crippen molar-refractivity contribution in [3.63, 3.8) is 0 Å². The Balaban J connectivity index is 2.00. The Morgan fingerprint density at radius 2 is 2.09 bits per heavy atom. The summed E-state index contributed by atoms with van der Waals surface area (Å²) >= 11 is 0. The number of hydrogen-bond donors (Lipinski definition) is 1. The molecule has 0 unspecified atom stereocenters. The molecule has 3 rings (SSSR count). The lowest BCUT2D eigenvalue weighted by Crippen LogP contribution is -2.31. The van der Waals surface area contributed by atoms with Crippen molar-refractivity contribution in [3.8, 4) is 11.3 Å². The summed E-state index contributed by atoms with van der Waals surface area (Å²) in [5, 5.41) is 9.16. The average Bonchev–Trinajstić information content (AvgIpc) is 2.55. The van der Waals surface area contributed by atoms with Crippen LogP contribution in [0, 0.1) is 6.92 Å². The Morgan fingerprint density at radius 3 is 2.83 bits per heavy atom. The van der Waals surface area contributed by atoms with E-state index in [2.05, 4.69) is 16.9 Å². The van der Waals surface area contributed by atoms with Crippen molar-refractivity contribution in [2.75, 3.05) is 13.6 Å². The number of aromatic nitrogens is 2. The summed E-state index contributed by atoms with van der Waals surface area (Å²) < 4.78 is 0. The first-order valence-electron chi connectivity index (χ1n) is 7.94. The van der Waals surface area contributed by atoms with E-state index in [0.29, 0.717) is 0 Å².